The zero-order valence-electron chi connectivity index (χ0n) is 17.5. The molecule has 0 N–H and O–H groups in total. The molecule has 0 aromatic heterocycles. The Morgan fingerprint density at radius 2 is 0.920 bits per heavy atom. The van der Waals surface area contributed by atoms with Gasteiger partial charge in [0, 0.05) is 13.2 Å². The summed E-state index contributed by atoms with van der Waals surface area (Å²) in [5.41, 5.74) is 0. The van der Waals surface area contributed by atoms with Crippen molar-refractivity contribution < 1.29 is 8.85 Å². The molecule has 25 heavy (non-hydrogen) atoms. The minimum atomic E-state index is -1.92. The van der Waals surface area contributed by atoms with E-state index in [-0.39, 0.29) is 0 Å². The molecule has 0 spiro atoms. The lowest BCUT2D eigenvalue weighted by molar-refractivity contribution is 0.176. The Bertz CT molecular complexity index is 294. The summed E-state index contributed by atoms with van der Waals surface area (Å²) in [6, 6.07) is 0. The molecule has 2 nitrogen and oxygen atoms in total. The first-order chi connectivity index (χ1) is 12.1. The van der Waals surface area contributed by atoms with Crippen molar-refractivity contribution in [3.63, 3.8) is 0 Å². The highest BCUT2D eigenvalue weighted by atomic mass is 28.4. The summed E-state index contributed by atoms with van der Waals surface area (Å²) in [4.78, 5) is 0. The molecular weight excluding hydrogens is 324 g/mol. The van der Waals surface area contributed by atoms with Crippen molar-refractivity contribution in [3.05, 3.63) is 24.3 Å². The summed E-state index contributed by atoms with van der Waals surface area (Å²) >= 11 is 0. The average Bonchev–Trinajstić information content (AvgIpc) is 2.59. The fourth-order valence-electron chi connectivity index (χ4n) is 2.58. The highest BCUT2D eigenvalue weighted by Crippen LogP contribution is 2.10. The maximum Gasteiger partial charge on any atom is 0.331 e. The molecule has 0 fully saturated rings. The normalized spacial score (nSPS) is 12.6. The van der Waals surface area contributed by atoms with Gasteiger partial charge in [-0.3, -0.25) is 0 Å². The van der Waals surface area contributed by atoms with E-state index in [9.17, 15) is 0 Å². The van der Waals surface area contributed by atoms with E-state index in [2.05, 4.69) is 51.2 Å². The molecule has 0 aliphatic rings. The summed E-state index contributed by atoms with van der Waals surface area (Å²) in [5, 5.41) is 0. The van der Waals surface area contributed by atoms with Crippen LogP contribution in [0.4, 0.5) is 0 Å². The topological polar surface area (TPSA) is 18.5 Å². The second kappa shape index (κ2) is 18.4. The first kappa shape index (κ1) is 24.6. The number of unbranched alkanes of at least 4 members (excludes halogenated alkanes) is 8. The van der Waals surface area contributed by atoms with E-state index in [0.29, 0.717) is 0 Å². The monoisotopic (exact) mass is 368 g/mol. The molecule has 0 aliphatic heterocycles. The number of hydrogen-bond acceptors (Lipinski definition) is 2. The van der Waals surface area contributed by atoms with Gasteiger partial charge in [0.1, 0.15) is 0 Å². The number of hydrogen-bond donors (Lipinski definition) is 0. The largest absolute Gasteiger partial charge is 0.394 e. The summed E-state index contributed by atoms with van der Waals surface area (Å²) in [6.07, 6.45) is 24.1. The van der Waals surface area contributed by atoms with Crippen LogP contribution in [0.3, 0.4) is 0 Å². The van der Waals surface area contributed by atoms with E-state index in [0.717, 1.165) is 38.9 Å². The van der Waals surface area contributed by atoms with Gasteiger partial charge in [0.15, 0.2) is 0 Å². The molecule has 0 amide bonds. The van der Waals surface area contributed by atoms with Gasteiger partial charge in [-0.15, -0.1) is 0 Å². The third kappa shape index (κ3) is 19.8. The van der Waals surface area contributed by atoms with Gasteiger partial charge in [-0.05, 0) is 64.5 Å². The van der Waals surface area contributed by atoms with Crippen LogP contribution >= 0.6 is 0 Å². The maximum atomic E-state index is 6.01. The van der Waals surface area contributed by atoms with Gasteiger partial charge in [-0.25, -0.2) is 0 Å². The van der Waals surface area contributed by atoms with Gasteiger partial charge < -0.3 is 8.85 Å². The van der Waals surface area contributed by atoms with Gasteiger partial charge in [0.2, 0.25) is 0 Å². The predicted molar refractivity (Wildman–Crippen MR) is 114 cm³/mol. The van der Waals surface area contributed by atoms with Crippen LogP contribution in [0, 0.1) is 0 Å². The molecule has 0 radical (unpaired) electrons. The van der Waals surface area contributed by atoms with Crippen LogP contribution in [-0.2, 0) is 8.85 Å². The Balaban J connectivity index is 3.49. The predicted octanol–water partition coefficient (Wildman–Crippen LogP) is 7.55. The fourth-order valence-corrected chi connectivity index (χ4v) is 3.93. The second-order valence-corrected chi connectivity index (χ2v) is 10.7. The minimum absolute atomic E-state index is 0.829. The zero-order valence-corrected chi connectivity index (χ0v) is 18.5. The van der Waals surface area contributed by atoms with E-state index in [1.54, 1.807) is 0 Å². The van der Waals surface area contributed by atoms with Crippen LogP contribution in [-0.4, -0.2) is 21.8 Å². The number of allylic oxidation sites excluding steroid dienone is 4. The van der Waals surface area contributed by atoms with Crippen molar-refractivity contribution in [2.45, 2.75) is 104 Å². The van der Waals surface area contributed by atoms with E-state index in [4.69, 9.17) is 8.85 Å². The van der Waals surface area contributed by atoms with Crippen LogP contribution < -0.4 is 0 Å². The standard InChI is InChI=1S/C22H44O2Si/c1-5-7-9-11-13-15-17-19-21-23-25(3,4)24-22-20-18-16-14-12-10-8-6-2/h13-16H,5-12,17-22H2,1-4H3/b15-13+,16-14+. The molecule has 0 atom stereocenters. The highest BCUT2D eigenvalue weighted by molar-refractivity contribution is 6.64. The van der Waals surface area contributed by atoms with Crippen LogP contribution in [0.25, 0.3) is 0 Å². The van der Waals surface area contributed by atoms with Crippen LogP contribution in [0.15, 0.2) is 24.3 Å². The molecule has 0 aromatic carbocycles. The van der Waals surface area contributed by atoms with Gasteiger partial charge in [-0.1, -0.05) is 63.8 Å². The molecule has 0 saturated heterocycles. The van der Waals surface area contributed by atoms with Crippen molar-refractivity contribution in [1.82, 2.24) is 0 Å². The van der Waals surface area contributed by atoms with Gasteiger partial charge in [-0.2, -0.15) is 0 Å². The summed E-state index contributed by atoms with van der Waals surface area (Å²) in [6.45, 7) is 10.5. The van der Waals surface area contributed by atoms with E-state index >= 15 is 0 Å². The fraction of sp³-hybridized carbons (Fsp3) is 0.818. The Hall–Kier alpha value is -0.383. The lowest BCUT2D eigenvalue weighted by Gasteiger charge is -2.22. The van der Waals surface area contributed by atoms with Crippen LogP contribution in [0.2, 0.25) is 13.1 Å². The quantitative estimate of drug-likeness (QED) is 0.141. The third-order valence-corrected chi connectivity index (χ3v) is 6.01. The van der Waals surface area contributed by atoms with Crippen molar-refractivity contribution in [2.75, 3.05) is 13.2 Å². The lowest BCUT2D eigenvalue weighted by Crippen LogP contribution is -2.35. The molecule has 0 aliphatic carbocycles. The molecule has 0 bridgehead atoms. The molecule has 0 unspecified atom stereocenters. The Kier molecular flexibility index (Phi) is 18.1. The molecule has 0 rings (SSSR count). The first-order valence-corrected chi connectivity index (χ1v) is 13.5. The highest BCUT2D eigenvalue weighted by Gasteiger charge is 2.23. The lowest BCUT2D eigenvalue weighted by atomic mass is 10.2. The SMILES string of the molecule is CCCCC/C=C/CCCO[Si](C)(C)OCCC/C=C/CCCCC. The Morgan fingerprint density at radius 1 is 0.560 bits per heavy atom. The van der Waals surface area contributed by atoms with E-state index in [1.807, 2.05) is 0 Å². The van der Waals surface area contributed by atoms with Gasteiger partial charge >= 0.3 is 8.56 Å². The molecule has 0 heterocycles. The molecular formula is C22H44O2Si. The molecule has 148 valence electrons. The third-order valence-electron chi connectivity index (χ3n) is 4.21. The van der Waals surface area contributed by atoms with Crippen molar-refractivity contribution in [2.24, 2.45) is 0 Å². The average molecular weight is 369 g/mol. The van der Waals surface area contributed by atoms with Crippen molar-refractivity contribution in [1.29, 1.82) is 0 Å². The molecule has 0 aromatic rings. The van der Waals surface area contributed by atoms with E-state index in [1.165, 1.54) is 51.4 Å². The van der Waals surface area contributed by atoms with Crippen LogP contribution in [0.5, 0.6) is 0 Å². The maximum absolute atomic E-state index is 6.01. The van der Waals surface area contributed by atoms with Crippen molar-refractivity contribution >= 4 is 8.56 Å². The van der Waals surface area contributed by atoms with Gasteiger partial charge in [0.25, 0.3) is 0 Å². The summed E-state index contributed by atoms with van der Waals surface area (Å²) < 4.78 is 12.0. The van der Waals surface area contributed by atoms with Gasteiger partial charge in [0.05, 0.1) is 0 Å². The first-order valence-electron chi connectivity index (χ1n) is 10.7. The second-order valence-electron chi connectivity index (χ2n) is 7.32. The minimum Gasteiger partial charge on any atom is -0.394 e. The Morgan fingerprint density at radius 3 is 1.28 bits per heavy atom. The van der Waals surface area contributed by atoms with E-state index < -0.39 is 8.56 Å². The summed E-state index contributed by atoms with van der Waals surface area (Å²) in [7, 11) is -1.92. The molecule has 3 heteroatoms. The Labute approximate surface area is 159 Å². The number of rotatable bonds is 18. The van der Waals surface area contributed by atoms with Crippen LogP contribution in [0.1, 0.15) is 90.9 Å². The zero-order chi connectivity index (χ0) is 18.6. The van der Waals surface area contributed by atoms with Crippen molar-refractivity contribution in [3.8, 4) is 0 Å². The summed E-state index contributed by atoms with van der Waals surface area (Å²) in [5.74, 6) is 0. The smallest absolute Gasteiger partial charge is 0.331 e. The molecule has 0 saturated carbocycles.